The van der Waals surface area contributed by atoms with Crippen LogP contribution in [0.2, 0.25) is 0 Å². The number of amides is 3. The standard InChI is InChI=1S/C25H23N3O6/c1-32-19-10-8-17(9-11-19)22-26-18(15-34-22)14-33-21(29)13-28-23(30)25(27-24(28)31)12-4-6-16-5-2-3-7-20(16)25/h2-3,5,7-11,15H,4,6,12-14H2,1H3,(H,27,31)/t25-/m0/s1. The molecule has 34 heavy (non-hydrogen) atoms. The Kier molecular flexibility index (Phi) is 5.53. The topological polar surface area (TPSA) is 111 Å². The fourth-order valence-electron chi connectivity index (χ4n) is 4.52. The number of rotatable bonds is 6. The predicted octanol–water partition coefficient (Wildman–Crippen LogP) is 3.18. The molecule has 1 aliphatic carbocycles. The maximum atomic E-state index is 13.3. The molecule has 0 unspecified atom stereocenters. The first-order valence-corrected chi connectivity index (χ1v) is 11.0. The van der Waals surface area contributed by atoms with Crippen molar-refractivity contribution in [2.45, 2.75) is 31.4 Å². The van der Waals surface area contributed by atoms with Gasteiger partial charge in [-0.2, -0.15) is 0 Å². The molecule has 2 aliphatic rings. The highest BCUT2D eigenvalue weighted by Gasteiger charge is 2.54. The lowest BCUT2D eigenvalue weighted by Crippen LogP contribution is -2.46. The van der Waals surface area contributed by atoms with E-state index in [1.807, 2.05) is 24.3 Å². The minimum atomic E-state index is -1.12. The summed E-state index contributed by atoms with van der Waals surface area (Å²) in [4.78, 5) is 43.6. The Morgan fingerprint density at radius 1 is 1.18 bits per heavy atom. The summed E-state index contributed by atoms with van der Waals surface area (Å²) in [5.74, 6) is -0.0485. The molecular formula is C25H23N3O6. The van der Waals surface area contributed by atoms with Gasteiger partial charge in [0.1, 0.15) is 36.4 Å². The number of aromatic nitrogens is 1. The summed E-state index contributed by atoms with van der Waals surface area (Å²) in [6, 6.07) is 14.2. The maximum absolute atomic E-state index is 13.3. The van der Waals surface area contributed by atoms with Crippen LogP contribution in [0.25, 0.3) is 11.5 Å². The zero-order valence-corrected chi connectivity index (χ0v) is 18.6. The van der Waals surface area contributed by atoms with Crippen LogP contribution in [0, 0.1) is 0 Å². The Morgan fingerprint density at radius 2 is 1.97 bits per heavy atom. The second-order valence-corrected chi connectivity index (χ2v) is 8.27. The Labute approximate surface area is 195 Å². The zero-order valence-electron chi connectivity index (χ0n) is 18.6. The highest BCUT2D eigenvalue weighted by Crippen LogP contribution is 2.39. The van der Waals surface area contributed by atoms with Crippen molar-refractivity contribution in [1.29, 1.82) is 0 Å². The van der Waals surface area contributed by atoms with Crippen LogP contribution in [0.3, 0.4) is 0 Å². The van der Waals surface area contributed by atoms with Crippen LogP contribution in [-0.2, 0) is 32.9 Å². The number of carbonyl (C=O) groups excluding carboxylic acids is 3. The lowest BCUT2D eigenvalue weighted by Gasteiger charge is -2.33. The number of ether oxygens (including phenoxy) is 2. The van der Waals surface area contributed by atoms with Crippen LogP contribution in [0.1, 0.15) is 29.7 Å². The van der Waals surface area contributed by atoms with E-state index in [9.17, 15) is 14.4 Å². The molecule has 3 aromatic rings. The SMILES string of the molecule is COc1ccc(-c2nc(COC(=O)CN3C(=O)N[C@]4(CCCc5ccccc54)C3=O)co2)cc1. The largest absolute Gasteiger partial charge is 0.497 e. The second-order valence-electron chi connectivity index (χ2n) is 8.27. The van der Waals surface area contributed by atoms with Gasteiger partial charge in [-0.1, -0.05) is 24.3 Å². The van der Waals surface area contributed by atoms with Crippen molar-refractivity contribution >= 4 is 17.9 Å². The zero-order chi connectivity index (χ0) is 23.7. The molecule has 0 bridgehead atoms. The van der Waals surface area contributed by atoms with Crippen LogP contribution in [-0.4, -0.2) is 41.4 Å². The lowest BCUT2D eigenvalue weighted by molar-refractivity contribution is -0.149. The number of hydrogen-bond donors (Lipinski definition) is 1. The summed E-state index contributed by atoms with van der Waals surface area (Å²) in [5, 5.41) is 2.83. The molecule has 3 amide bonds. The van der Waals surface area contributed by atoms with Crippen molar-refractivity contribution in [3.05, 3.63) is 71.6 Å². The van der Waals surface area contributed by atoms with E-state index in [2.05, 4.69) is 10.3 Å². The molecule has 1 saturated heterocycles. The van der Waals surface area contributed by atoms with E-state index >= 15 is 0 Å². The molecule has 1 N–H and O–H groups in total. The van der Waals surface area contributed by atoms with Crippen molar-refractivity contribution in [3.63, 3.8) is 0 Å². The minimum absolute atomic E-state index is 0.143. The fraction of sp³-hybridized carbons (Fsp3) is 0.280. The Balaban J connectivity index is 1.22. The summed E-state index contributed by atoms with van der Waals surface area (Å²) in [5.41, 5.74) is 1.87. The summed E-state index contributed by atoms with van der Waals surface area (Å²) >= 11 is 0. The van der Waals surface area contributed by atoms with Gasteiger partial charge in [0.25, 0.3) is 5.91 Å². The van der Waals surface area contributed by atoms with E-state index in [1.54, 1.807) is 31.4 Å². The first-order chi connectivity index (χ1) is 16.5. The van der Waals surface area contributed by atoms with E-state index in [0.717, 1.165) is 34.4 Å². The van der Waals surface area contributed by atoms with E-state index < -0.39 is 30.0 Å². The molecule has 0 saturated carbocycles. The number of oxazole rings is 1. The number of nitrogens with zero attached hydrogens (tertiary/aromatic N) is 2. The van der Waals surface area contributed by atoms with Crippen molar-refractivity contribution < 1.29 is 28.3 Å². The van der Waals surface area contributed by atoms with Crippen LogP contribution in [0.4, 0.5) is 4.79 Å². The van der Waals surface area contributed by atoms with Gasteiger partial charge in [0, 0.05) is 5.56 Å². The number of imide groups is 1. The second kappa shape index (κ2) is 8.66. The smallest absolute Gasteiger partial charge is 0.326 e. The number of hydrogen-bond acceptors (Lipinski definition) is 7. The van der Waals surface area contributed by atoms with E-state index in [0.29, 0.717) is 23.8 Å². The molecule has 1 aliphatic heterocycles. The molecule has 2 aromatic carbocycles. The van der Waals surface area contributed by atoms with E-state index in [-0.39, 0.29) is 6.61 Å². The van der Waals surface area contributed by atoms with E-state index in [1.165, 1.54) is 6.26 Å². The number of fused-ring (bicyclic) bond motifs is 2. The monoisotopic (exact) mass is 461 g/mol. The highest BCUT2D eigenvalue weighted by atomic mass is 16.5. The maximum Gasteiger partial charge on any atom is 0.326 e. The summed E-state index contributed by atoms with van der Waals surface area (Å²) in [7, 11) is 1.58. The number of urea groups is 1. The molecule has 1 atom stereocenters. The van der Waals surface area contributed by atoms with Crippen LogP contribution < -0.4 is 10.1 Å². The first kappa shape index (κ1) is 21.7. The number of nitrogens with one attached hydrogen (secondary N) is 1. The first-order valence-electron chi connectivity index (χ1n) is 11.0. The van der Waals surface area contributed by atoms with Crippen molar-refractivity contribution in [3.8, 4) is 17.2 Å². The van der Waals surface area contributed by atoms with Gasteiger partial charge >= 0.3 is 12.0 Å². The van der Waals surface area contributed by atoms with Gasteiger partial charge in [-0.05, 0) is 54.7 Å². The van der Waals surface area contributed by atoms with Crippen LogP contribution in [0.5, 0.6) is 5.75 Å². The minimum Gasteiger partial charge on any atom is -0.497 e. The molecule has 2 heterocycles. The number of benzene rings is 2. The van der Waals surface area contributed by atoms with Crippen LogP contribution in [0.15, 0.2) is 59.2 Å². The Hall–Kier alpha value is -4.14. The van der Waals surface area contributed by atoms with Crippen molar-refractivity contribution in [2.75, 3.05) is 13.7 Å². The van der Waals surface area contributed by atoms with Gasteiger partial charge in [-0.15, -0.1) is 0 Å². The molecule has 1 fully saturated rings. The molecular weight excluding hydrogens is 438 g/mol. The van der Waals surface area contributed by atoms with Gasteiger partial charge in [0.2, 0.25) is 5.89 Å². The summed E-state index contributed by atoms with van der Waals surface area (Å²) < 4.78 is 15.9. The number of carbonyl (C=O) groups is 3. The van der Waals surface area contributed by atoms with Crippen LogP contribution >= 0.6 is 0 Å². The molecule has 1 aromatic heterocycles. The normalized spacial score (nSPS) is 19.1. The van der Waals surface area contributed by atoms with Crippen molar-refractivity contribution in [1.82, 2.24) is 15.2 Å². The molecule has 9 nitrogen and oxygen atoms in total. The summed E-state index contributed by atoms with van der Waals surface area (Å²) in [6.07, 6.45) is 3.51. The van der Waals surface area contributed by atoms with Gasteiger partial charge in [-0.25, -0.2) is 9.78 Å². The average molecular weight is 461 g/mol. The third kappa shape index (κ3) is 3.79. The van der Waals surface area contributed by atoms with Crippen molar-refractivity contribution in [2.24, 2.45) is 0 Å². The molecule has 174 valence electrons. The molecule has 1 spiro atoms. The third-order valence-electron chi connectivity index (χ3n) is 6.21. The van der Waals surface area contributed by atoms with Gasteiger partial charge in [0.05, 0.1) is 7.11 Å². The molecule has 9 heteroatoms. The van der Waals surface area contributed by atoms with E-state index in [4.69, 9.17) is 13.9 Å². The van der Waals surface area contributed by atoms with Gasteiger partial charge in [0.15, 0.2) is 0 Å². The molecule has 5 rings (SSSR count). The lowest BCUT2D eigenvalue weighted by atomic mass is 9.76. The Morgan fingerprint density at radius 3 is 2.76 bits per heavy atom. The number of esters is 1. The molecule has 0 radical (unpaired) electrons. The fourth-order valence-corrected chi connectivity index (χ4v) is 4.52. The third-order valence-corrected chi connectivity index (χ3v) is 6.21. The average Bonchev–Trinajstić information content (AvgIpc) is 3.42. The van der Waals surface area contributed by atoms with Gasteiger partial charge in [-0.3, -0.25) is 14.5 Å². The number of methoxy groups -OCH3 is 1. The highest BCUT2D eigenvalue weighted by molar-refractivity contribution is 6.09. The van der Waals surface area contributed by atoms with Gasteiger partial charge < -0.3 is 19.2 Å². The quantitative estimate of drug-likeness (QED) is 0.443. The summed E-state index contributed by atoms with van der Waals surface area (Å²) in [6.45, 7) is -0.617. The Bertz CT molecular complexity index is 1250. The number of aryl methyl sites for hydroxylation is 1. The predicted molar refractivity (Wildman–Crippen MR) is 120 cm³/mol.